The molecule has 1 aromatic carbocycles. The van der Waals surface area contributed by atoms with Gasteiger partial charge in [-0.2, -0.15) is 0 Å². The number of thioether (sulfide) groups is 1. The Balaban J connectivity index is 2.10. The van der Waals surface area contributed by atoms with Gasteiger partial charge in [0, 0.05) is 13.0 Å². The van der Waals surface area contributed by atoms with Crippen molar-refractivity contribution in [2.45, 2.75) is 17.6 Å². The van der Waals surface area contributed by atoms with Crippen LogP contribution >= 0.6 is 23.4 Å². The van der Waals surface area contributed by atoms with Gasteiger partial charge in [-0.25, -0.2) is 4.98 Å². The first-order chi connectivity index (χ1) is 10.1. The summed E-state index contributed by atoms with van der Waals surface area (Å²) in [6.45, 7) is 0.496. The number of carbonyl (C=O) groups is 2. The number of carboxylic acids is 1. The third kappa shape index (κ3) is 2.71. The topological polar surface area (TPSA) is 84.2 Å². The summed E-state index contributed by atoms with van der Waals surface area (Å²) in [6.07, 6.45) is 0.345. The molecule has 2 heterocycles. The second kappa shape index (κ2) is 5.57. The molecule has 21 heavy (non-hydrogen) atoms. The zero-order valence-electron chi connectivity index (χ0n) is 10.9. The molecule has 0 saturated carbocycles. The van der Waals surface area contributed by atoms with Gasteiger partial charge in [-0.3, -0.25) is 9.59 Å². The summed E-state index contributed by atoms with van der Waals surface area (Å²) < 4.78 is 1.88. The van der Waals surface area contributed by atoms with E-state index in [4.69, 9.17) is 16.7 Å². The van der Waals surface area contributed by atoms with Crippen LogP contribution in [0, 0.1) is 0 Å². The molecule has 1 aliphatic heterocycles. The fourth-order valence-corrected chi connectivity index (χ4v) is 3.48. The van der Waals surface area contributed by atoms with Crippen LogP contribution in [0.15, 0.2) is 23.4 Å². The molecule has 1 amide bonds. The first-order valence-electron chi connectivity index (χ1n) is 6.34. The van der Waals surface area contributed by atoms with Crippen molar-refractivity contribution in [3.05, 3.63) is 23.2 Å². The number of fused-ring (bicyclic) bond motifs is 1. The number of nitrogens with zero attached hydrogens (tertiary/aromatic N) is 2. The van der Waals surface area contributed by atoms with E-state index in [9.17, 15) is 9.59 Å². The summed E-state index contributed by atoms with van der Waals surface area (Å²) in [5.74, 6) is -1.02. The Kier molecular flexibility index (Phi) is 3.77. The number of benzene rings is 1. The normalized spacial score (nSPS) is 18.1. The molecule has 8 heteroatoms. The maximum Gasteiger partial charge on any atom is 0.313 e. The minimum absolute atomic E-state index is 0.0249. The van der Waals surface area contributed by atoms with Crippen molar-refractivity contribution < 1.29 is 14.7 Å². The van der Waals surface area contributed by atoms with Gasteiger partial charge in [0.05, 0.1) is 27.9 Å². The highest BCUT2D eigenvalue weighted by atomic mass is 35.5. The number of hydrogen-bond donors (Lipinski definition) is 2. The molecule has 1 unspecified atom stereocenters. The van der Waals surface area contributed by atoms with E-state index in [1.165, 1.54) is 0 Å². The van der Waals surface area contributed by atoms with Crippen LogP contribution in [0.3, 0.4) is 0 Å². The molecule has 1 saturated heterocycles. The average molecular weight is 326 g/mol. The summed E-state index contributed by atoms with van der Waals surface area (Å²) in [5, 5.41) is 12.7. The van der Waals surface area contributed by atoms with Crippen LogP contribution in [-0.4, -0.2) is 38.8 Å². The van der Waals surface area contributed by atoms with E-state index in [0.29, 0.717) is 28.7 Å². The molecule has 0 radical (unpaired) electrons. The van der Waals surface area contributed by atoms with Crippen LogP contribution in [0.2, 0.25) is 5.02 Å². The zero-order valence-corrected chi connectivity index (χ0v) is 12.4. The SMILES string of the molecule is O=C(O)CSc1nc2cccc(Cl)c2n1C1CNC(=O)C1. The van der Waals surface area contributed by atoms with E-state index in [2.05, 4.69) is 10.3 Å². The van der Waals surface area contributed by atoms with Crippen molar-refractivity contribution in [3.63, 3.8) is 0 Å². The van der Waals surface area contributed by atoms with Gasteiger partial charge < -0.3 is 15.0 Å². The lowest BCUT2D eigenvalue weighted by Gasteiger charge is -2.14. The zero-order chi connectivity index (χ0) is 15.0. The predicted octanol–water partition coefficient (Wildman–Crippen LogP) is 1.93. The van der Waals surface area contributed by atoms with Crippen molar-refractivity contribution in [1.29, 1.82) is 0 Å². The Morgan fingerprint density at radius 3 is 3.05 bits per heavy atom. The molecule has 0 aliphatic carbocycles. The molecule has 6 nitrogen and oxygen atoms in total. The summed E-state index contributed by atoms with van der Waals surface area (Å²) in [7, 11) is 0. The van der Waals surface area contributed by atoms with Gasteiger partial charge in [0.15, 0.2) is 5.16 Å². The number of nitrogens with one attached hydrogen (secondary N) is 1. The maximum absolute atomic E-state index is 11.5. The summed E-state index contributed by atoms with van der Waals surface area (Å²) in [6, 6.07) is 5.29. The van der Waals surface area contributed by atoms with Gasteiger partial charge in [-0.15, -0.1) is 0 Å². The predicted molar refractivity (Wildman–Crippen MR) is 79.8 cm³/mol. The number of carboxylic acid groups (broad SMARTS) is 1. The van der Waals surface area contributed by atoms with Gasteiger partial charge >= 0.3 is 5.97 Å². The third-order valence-corrected chi connectivity index (χ3v) is 4.52. The van der Waals surface area contributed by atoms with Crippen LogP contribution in [0.4, 0.5) is 0 Å². The molecule has 1 aliphatic rings. The molecule has 3 rings (SSSR count). The lowest BCUT2D eigenvalue weighted by Crippen LogP contribution is -2.16. The lowest BCUT2D eigenvalue weighted by molar-refractivity contribution is -0.134. The molecule has 2 aromatic rings. The minimum atomic E-state index is -0.912. The fraction of sp³-hybridized carbons (Fsp3) is 0.308. The number of aliphatic carboxylic acids is 1. The molecule has 1 fully saturated rings. The van der Waals surface area contributed by atoms with Gasteiger partial charge in [-0.1, -0.05) is 29.4 Å². The van der Waals surface area contributed by atoms with Crippen molar-refractivity contribution in [1.82, 2.24) is 14.9 Å². The standard InChI is InChI=1S/C13H12ClN3O3S/c14-8-2-1-3-9-12(8)17(7-4-10(18)15-5-7)13(16-9)21-6-11(19)20/h1-3,7H,4-6H2,(H,15,18)(H,19,20). The average Bonchev–Trinajstić information content (AvgIpc) is 3.00. The number of aromatic nitrogens is 2. The highest BCUT2D eigenvalue weighted by molar-refractivity contribution is 7.99. The summed E-state index contributed by atoms with van der Waals surface area (Å²) in [4.78, 5) is 26.7. The Morgan fingerprint density at radius 1 is 1.57 bits per heavy atom. The molecular weight excluding hydrogens is 314 g/mol. The van der Waals surface area contributed by atoms with E-state index < -0.39 is 5.97 Å². The van der Waals surface area contributed by atoms with Crippen LogP contribution in [0.25, 0.3) is 11.0 Å². The van der Waals surface area contributed by atoms with Crippen LogP contribution in [0.5, 0.6) is 0 Å². The Hall–Kier alpha value is -1.73. The second-order valence-corrected chi connectivity index (χ2v) is 6.07. The van der Waals surface area contributed by atoms with E-state index in [-0.39, 0.29) is 17.7 Å². The molecular formula is C13H12ClN3O3S. The number of imidazole rings is 1. The molecule has 0 bridgehead atoms. The van der Waals surface area contributed by atoms with E-state index in [1.807, 2.05) is 10.6 Å². The molecule has 110 valence electrons. The highest BCUT2D eigenvalue weighted by Crippen LogP contribution is 2.34. The number of rotatable bonds is 4. The number of carbonyl (C=O) groups excluding carboxylic acids is 1. The van der Waals surface area contributed by atoms with E-state index in [0.717, 1.165) is 17.3 Å². The molecule has 2 N–H and O–H groups in total. The number of amides is 1. The maximum atomic E-state index is 11.5. The number of halogens is 1. The monoisotopic (exact) mass is 325 g/mol. The first kappa shape index (κ1) is 14.2. The minimum Gasteiger partial charge on any atom is -0.481 e. The van der Waals surface area contributed by atoms with Gasteiger partial charge in [0.25, 0.3) is 0 Å². The Labute approximate surface area is 129 Å². The highest BCUT2D eigenvalue weighted by Gasteiger charge is 2.28. The lowest BCUT2D eigenvalue weighted by atomic mass is 10.2. The Bertz CT molecular complexity index is 731. The molecule has 1 atom stereocenters. The van der Waals surface area contributed by atoms with Crippen LogP contribution < -0.4 is 5.32 Å². The van der Waals surface area contributed by atoms with Gasteiger partial charge in [0.1, 0.15) is 0 Å². The van der Waals surface area contributed by atoms with Crippen LogP contribution in [-0.2, 0) is 9.59 Å². The van der Waals surface area contributed by atoms with Crippen molar-refractivity contribution >= 4 is 46.3 Å². The third-order valence-electron chi connectivity index (χ3n) is 3.27. The quantitative estimate of drug-likeness (QED) is 0.839. The number of para-hydroxylation sites is 1. The fourth-order valence-electron chi connectivity index (χ4n) is 2.42. The largest absolute Gasteiger partial charge is 0.481 e. The summed E-state index contributed by atoms with van der Waals surface area (Å²) in [5.41, 5.74) is 1.45. The van der Waals surface area contributed by atoms with E-state index in [1.54, 1.807) is 12.1 Å². The Morgan fingerprint density at radius 2 is 2.38 bits per heavy atom. The molecule has 1 aromatic heterocycles. The van der Waals surface area contributed by atoms with E-state index >= 15 is 0 Å². The smallest absolute Gasteiger partial charge is 0.313 e. The summed E-state index contributed by atoms with van der Waals surface area (Å²) >= 11 is 7.39. The van der Waals surface area contributed by atoms with Crippen molar-refractivity contribution in [2.75, 3.05) is 12.3 Å². The molecule has 0 spiro atoms. The first-order valence-corrected chi connectivity index (χ1v) is 7.70. The van der Waals surface area contributed by atoms with Crippen LogP contribution in [0.1, 0.15) is 12.5 Å². The van der Waals surface area contributed by atoms with Gasteiger partial charge in [0.2, 0.25) is 5.91 Å². The van der Waals surface area contributed by atoms with Gasteiger partial charge in [-0.05, 0) is 12.1 Å². The van der Waals surface area contributed by atoms with Crippen molar-refractivity contribution in [2.24, 2.45) is 0 Å². The van der Waals surface area contributed by atoms with Crippen molar-refractivity contribution in [3.8, 4) is 0 Å². The second-order valence-electron chi connectivity index (χ2n) is 4.72. The number of hydrogen-bond acceptors (Lipinski definition) is 4.